The number of aliphatic hydroxyl groups excluding tert-OH is 1. The minimum Gasteiger partial charge on any atom is -0.393 e. The van der Waals surface area contributed by atoms with Crippen LogP contribution in [-0.2, 0) is 0 Å². The molecule has 0 aromatic carbocycles. The second-order valence-electron chi connectivity index (χ2n) is 12.0. The van der Waals surface area contributed by atoms with E-state index in [1.807, 2.05) is 0 Å². The summed E-state index contributed by atoms with van der Waals surface area (Å²) >= 11 is 0. The van der Waals surface area contributed by atoms with Crippen molar-refractivity contribution < 1.29 is 5.11 Å². The lowest BCUT2D eigenvalue weighted by Gasteiger charge is -2.58. The summed E-state index contributed by atoms with van der Waals surface area (Å²) in [6.07, 6.45) is 19.3. The van der Waals surface area contributed by atoms with Crippen LogP contribution in [0, 0.1) is 52.3 Å². The van der Waals surface area contributed by atoms with Gasteiger partial charge in [0.25, 0.3) is 0 Å². The molecule has 0 saturated heterocycles. The lowest BCUT2D eigenvalue weighted by molar-refractivity contribution is -0.0540. The van der Waals surface area contributed by atoms with Crippen LogP contribution in [-0.4, -0.2) is 11.2 Å². The van der Waals surface area contributed by atoms with Crippen LogP contribution >= 0.6 is 0 Å². The highest BCUT2D eigenvalue weighted by molar-refractivity contribution is 5.25. The van der Waals surface area contributed by atoms with Gasteiger partial charge in [-0.2, -0.15) is 0 Å². The van der Waals surface area contributed by atoms with E-state index in [1.54, 1.807) is 5.57 Å². The SMILES string of the molecule is CC1CC1/C=C/[C@@H](C)C1CCC2C3CC=C4C[C@@H](O)CC[C@]4(C)C3CC[C@@]21C. The van der Waals surface area contributed by atoms with Crippen molar-refractivity contribution in [3.8, 4) is 0 Å². The van der Waals surface area contributed by atoms with E-state index < -0.39 is 0 Å². The molecule has 28 heavy (non-hydrogen) atoms. The maximum absolute atomic E-state index is 10.2. The molecule has 0 heterocycles. The van der Waals surface area contributed by atoms with E-state index in [0.717, 1.165) is 54.3 Å². The zero-order valence-electron chi connectivity index (χ0n) is 18.7. The summed E-state index contributed by atoms with van der Waals surface area (Å²) < 4.78 is 0. The summed E-state index contributed by atoms with van der Waals surface area (Å²) in [5.74, 6) is 6.14. The average molecular weight is 383 g/mol. The summed E-state index contributed by atoms with van der Waals surface area (Å²) in [5.41, 5.74) is 2.55. The van der Waals surface area contributed by atoms with E-state index in [-0.39, 0.29) is 6.10 Å². The molecule has 4 fully saturated rings. The zero-order chi connectivity index (χ0) is 19.7. The normalized spacial score (nSPS) is 53.9. The maximum atomic E-state index is 10.2. The van der Waals surface area contributed by atoms with Crippen molar-refractivity contribution in [1.29, 1.82) is 0 Å². The minimum atomic E-state index is -0.0811. The number of rotatable bonds is 3. The van der Waals surface area contributed by atoms with Crippen LogP contribution in [0.25, 0.3) is 0 Å². The number of hydrogen-bond donors (Lipinski definition) is 1. The van der Waals surface area contributed by atoms with E-state index >= 15 is 0 Å². The molecule has 5 aliphatic rings. The maximum Gasteiger partial charge on any atom is 0.0577 e. The molecule has 0 bridgehead atoms. The molecular weight excluding hydrogens is 340 g/mol. The fourth-order valence-electron chi connectivity index (χ4n) is 8.62. The molecule has 0 aromatic heterocycles. The Labute approximate surface area is 173 Å². The molecule has 10 atom stereocenters. The van der Waals surface area contributed by atoms with Crippen molar-refractivity contribution in [1.82, 2.24) is 0 Å². The first-order valence-corrected chi connectivity index (χ1v) is 12.4. The quantitative estimate of drug-likeness (QED) is 0.534. The predicted octanol–water partition coefficient (Wildman–Crippen LogP) is 6.77. The molecule has 0 radical (unpaired) electrons. The smallest absolute Gasteiger partial charge is 0.0577 e. The van der Waals surface area contributed by atoms with Crippen LogP contribution in [0.1, 0.15) is 85.5 Å². The van der Waals surface area contributed by atoms with Crippen LogP contribution in [0.5, 0.6) is 0 Å². The van der Waals surface area contributed by atoms with Crippen molar-refractivity contribution >= 4 is 0 Å². The van der Waals surface area contributed by atoms with Gasteiger partial charge < -0.3 is 5.11 Å². The molecule has 0 spiro atoms. The number of allylic oxidation sites excluding steroid dienone is 3. The highest BCUT2D eigenvalue weighted by Crippen LogP contribution is 2.67. The van der Waals surface area contributed by atoms with Crippen molar-refractivity contribution in [3.05, 3.63) is 23.8 Å². The third-order valence-electron chi connectivity index (χ3n) is 10.6. The molecule has 0 amide bonds. The van der Waals surface area contributed by atoms with E-state index in [1.165, 1.54) is 44.9 Å². The first-order chi connectivity index (χ1) is 13.3. The van der Waals surface area contributed by atoms with Crippen LogP contribution in [0.15, 0.2) is 23.8 Å². The molecule has 1 nitrogen and oxygen atoms in total. The second kappa shape index (κ2) is 6.73. The molecule has 156 valence electrons. The van der Waals surface area contributed by atoms with Crippen LogP contribution in [0.2, 0.25) is 0 Å². The van der Waals surface area contributed by atoms with Gasteiger partial charge in [0.05, 0.1) is 6.10 Å². The lowest BCUT2D eigenvalue weighted by atomic mass is 9.47. The van der Waals surface area contributed by atoms with Crippen molar-refractivity contribution in [3.63, 3.8) is 0 Å². The van der Waals surface area contributed by atoms with Gasteiger partial charge >= 0.3 is 0 Å². The Morgan fingerprint density at radius 1 is 1.11 bits per heavy atom. The van der Waals surface area contributed by atoms with Gasteiger partial charge in [-0.1, -0.05) is 51.5 Å². The third kappa shape index (κ3) is 2.90. The monoisotopic (exact) mass is 382 g/mol. The standard InChI is InChI=1S/C27H42O/c1-17(5-6-19-15-18(19)2)23-9-10-24-22-8-7-20-16-21(28)11-13-26(20,3)25(22)12-14-27(23,24)4/h5-7,17-19,21-25,28H,8-16H2,1-4H3/b6-5+/t17-,18?,19?,21+,22?,23?,24?,25?,26+,27-/m1/s1. The number of fused-ring (bicyclic) bond motifs is 5. The molecule has 1 heteroatoms. The van der Waals surface area contributed by atoms with Crippen LogP contribution in [0.4, 0.5) is 0 Å². The third-order valence-corrected chi connectivity index (χ3v) is 10.6. The molecule has 4 saturated carbocycles. The lowest BCUT2D eigenvalue weighted by Crippen LogP contribution is -2.50. The van der Waals surface area contributed by atoms with E-state index in [0.29, 0.717) is 10.8 Å². The number of aliphatic hydroxyl groups is 1. The number of hydrogen-bond acceptors (Lipinski definition) is 1. The Morgan fingerprint density at radius 3 is 2.64 bits per heavy atom. The largest absolute Gasteiger partial charge is 0.393 e. The van der Waals surface area contributed by atoms with Gasteiger partial charge in [-0.05, 0) is 110 Å². The summed E-state index contributed by atoms with van der Waals surface area (Å²) in [6.45, 7) is 10.1. The summed E-state index contributed by atoms with van der Waals surface area (Å²) in [5, 5.41) is 10.2. The predicted molar refractivity (Wildman–Crippen MR) is 117 cm³/mol. The Morgan fingerprint density at radius 2 is 1.89 bits per heavy atom. The fourth-order valence-corrected chi connectivity index (χ4v) is 8.62. The molecular formula is C27H42O. The van der Waals surface area contributed by atoms with Crippen molar-refractivity contribution in [2.24, 2.45) is 52.3 Å². The van der Waals surface area contributed by atoms with Crippen molar-refractivity contribution in [2.75, 3.05) is 0 Å². The first kappa shape index (κ1) is 19.4. The molecule has 6 unspecified atom stereocenters. The molecule has 5 rings (SSSR count). The van der Waals surface area contributed by atoms with Gasteiger partial charge in [-0.15, -0.1) is 0 Å². The Hall–Kier alpha value is -0.560. The summed E-state index contributed by atoms with van der Waals surface area (Å²) in [7, 11) is 0. The summed E-state index contributed by atoms with van der Waals surface area (Å²) in [4.78, 5) is 0. The first-order valence-electron chi connectivity index (χ1n) is 12.4. The van der Waals surface area contributed by atoms with Crippen LogP contribution in [0.3, 0.4) is 0 Å². The highest BCUT2D eigenvalue weighted by Gasteiger charge is 2.59. The van der Waals surface area contributed by atoms with Gasteiger partial charge in [0, 0.05) is 0 Å². The second-order valence-corrected chi connectivity index (χ2v) is 12.0. The van der Waals surface area contributed by atoms with Gasteiger partial charge in [0.2, 0.25) is 0 Å². The Bertz CT molecular complexity index is 676. The average Bonchev–Trinajstić information content (AvgIpc) is 3.25. The summed E-state index contributed by atoms with van der Waals surface area (Å²) in [6, 6.07) is 0. The molecule has 0 aromatic rings. The van der Waals surface area contributed by atoms with Gasteiger partial charge in [0.15, 0.2) is 0 Å². The van der Waals surface area contributed by atoms with Gasteiger partial charge in [0.1, 0.15) is 0 Å². The van der Waals surface area contributed by atoms with E-state index in [2.05, 4.69) is 45.9 Å². The fraction of sp³-hybridized carbons (Fsp3) is 0.852. The van der Waals surface area contributed by atoms with Gasteiger partial charge in [-0.3, -0.25) is 0 Å². The highest BCUT2D eigenvalue weighted by atomic mass is 16.3. The Balaban J connectivity index is 1.36. The molecule has 0 aliphatic heterocycles. The van der Waals surface area contributed by atoms with E-state index in [4.69, 9.17) is 0 Å². The van der Waals surface area contributed by atoms with E-state index in [9.17, 15) is 5.11 Å². The van der Waals surface area contributed by atoms with Crippen LogP contribution < -0.4 is 0 Å². The Kier molecular flexibility index (Phi) is 4.66. The van der Waals surface area contributed by atoms with Gasteiger partial charge in [-0.25, -0.2) is 0 Å². The molecule has 5 aliphatic carbocycles. The van der Waals surface area contributed by atoms with Crippen molar-refractivity contribution in [2.45, 2.75) is 91.6 Å². The molecule has 1 N–H and O–H groups in total. The topological polar surface area (TPSA) is 20.2 Å². The minimum absolute atomic E-state index is 0.0811. The zero-order valence-corrected chi connectivity index (χ0v) is 18.7.